The number of Topliss-reactive ketones (excluding diaryl/α,β-unsaturated/α-hetero) is 1. The first-order valence-corrected chi connectivity index (χ1v) is 8.53. The molecular formula is C19H20BrNO3. The lowest BCUT2D eigenvalue weighted by Crippen LogP contribution is -2.28. The maximum atomic E-state index is 12.2. The van der Waals surface area contributed by atoms with Crippen molar-refractivity contribution in [2.24, 2.45) is 0 Å². The quantitative estimate of drug-likeness (QED) is 0.603. The highest BCUT2D eigenvalue weighted by Crippen LogP contribution is 2.25. The first-order valence-electron chi connectivity index (χ1n) is 7.74. The molecule has 0 aliphatic heterocycles. The number of carbonyl (C=O) groups excluding carboxylic acids is 2. The summed E-state index contributed by atoms with van der Waals surface area (Å²) in [4.78, 5) is 23.9. The second kappa shape index (κ2) is 8.11. The smallest absolute Gasteiger partial charge is 0.292 e. The van der Waals surface area contributed by atoms with Crippen molar-refractivity contribution in [1.29, 1.82) is 0 Å². The number of amides is 1. The van der Waals surface area contributed by atoms with E-state index in [0.717, 1.165) is 22.2 Å². The number of ether oxygens (including phenoxy) is 1. The third-order valence-electron chi connectivity index (χ3n) is 3.82. The van der Waals surface area contributed by atoms with E-state index in [9.17, 15) is 9.59 Å². The van der Waals surface area contributed by atoms with Crippen molar-refractivity contribution in [2.75, 3.05) is 7.05 Å². The van der Waals surface area contributed by atoms with E-state index in [0.29, 0.717) is 11.1 Å². The highest BCUT2D eigenvalue weighted by molar-refractivity contribution is 9.10. The number of halogens is 1. The maximum Gasteiger partial charge on any atom is 0.292 e. The molecule has 4 nitrogen and oxygen atoms in total. The average Bonchev–Trinajstić information content (AvgIpc) is 2.59. The number of hydrogen-bond donors (Lipinski definition) is 1. The molecule has 1 N–H and O–H groups in total. The Labute approximate surface area is 150 Å². The summed E-state index contributed by atoms with van der Waals surface area (Å²) in [6, 6.07) is 11.2. The van der Waals surface area contributed by atoms with Gasteiger partial charge < -0.3 is 10.1 Å². The lowest BCUT2D eigenvalue weighted by Gasteiger charge is -2.14. The van der Waals surface area contributed by atoms with Crippen LogP contribution in [0.5, 0.6) is 5.75 Å². The summed E-state index contributed by atoms with van der Waals surface area (Å²) in [6.45, 7) is 4.30. The molecule has 0 fully saturated rings. The number of carbonyl (C=O) groups is 2. The van der Waals surface area contributed by atoms with Gasteiger partial charge in [0, 0.05) is 22.6 Å². The van der Waals surface area contributed by atoms with Gasteiger partial charge in [-0.05, 0) is 36.6 Å². The molecule has 0 unspecified atom stereocenters. The van der Waals surface area contributed by atoms with Crippen molar-refractivity contribution in [3.8, 4) is 5.75 Å². The number of ketones is 1. The van der Waals surface area contributed by atoms with Gasteiger partial charge >= 0.3 is 0 Å². The molecule has 1 amide bonds. The lowest BCUT2D eigenvalue weighted by atomic mass is 10.0. The van der Waals surface area contributed by atoms with Gasteiger partial charge in [-0.2, -0.15) is 0 Å². The highest BCUT2D eigenvalue weighted by atomic mass is 79.9. The van der Waals surface area contributed by atoms with Crippen LogP contribution in [-0.4, -0.2) is 18.7 Å². The fraction of sp³-hybridized carbons (Fsp3) is 0.263. The number of nitrogens with one attached hydrogen (secondary N) is 1. The van der Waals surface area contributed by atoms with Crippen molar-refractivity contribution in [3.63, 3.8) is 0 Å². The zero-order chi connectivity index (χ0) is 17.7. The Kier molecular flexibility index (Phi) is 6.15. The first-order chi connectivity index (χ1) is 11.5. The monoisotopic (exact) mass is 389 g/mol. The average molecular weight is 390 g/mol. The van der Waals surface area contributed by atoms with Gasteiger partial charge in [-0.25, -0.2) is 0 Å². The van der Waals surface area contributed by atoms with Crippen LogP contribution in [-0.2, 0) is 17.8 Å². The van der Waals surface area contributed by atoms with Gasteiger partial charge in [-0.15, -0.1) is 0 Å². The van der Waals surface area contributed by atoms with Gasteiger partial charge in [-0.1, -0.05) is 47.1 Å². The summed E-state index contributed by atoms with van der Waals surface area (Å²) in [6.07, 6.45) is 0.968. The molecule has 0 aliphatic carbocycles. The normalized spacial score (nSPS) is 10.3. The molecule has 0 heterocycles. The molecule has 2 aromatic rings. The molecule has 0 saturated carbocycles. The summed E-state index contributed by atoms with van der Waals surface area (Å²) in [5, 5.41) is 2.36. The molecule has 0 spiro atoms. The third-order valence-corrected chi connectivity index (χ3v) is 4.56. The van der Waals surface area contributed by atoms with Gasteiger partial charge in [0.1, 0.15) is 12.4 Å². The fourth-order valence-electron chi connectivity index (χ4n) is 2.40. The topological polar surface area (TPSA) is 55.4 Å². The van der Waals surface area contributed by atoms with Crippen molar-refractivity contribution in [3.05, 3.63) is 63.1 Å². The fourth-order valence-corrected chi connectivity index (χ4v) is 2.88. The summed E-state index contributed by atoms with van der Waals surface area (Å²) in [5.41, 5.74) is 3.29. The van der Waals surface area contributed by atoms with Crippen LogP contribution >= 0.6 is 15.9 Å². The molecule has 0 bridgehead atoms. The van der Waals surface area contributed by atoms with Crippen LogP contribution < -0.4 is 10.1 Å². The van der Waals surface area contributed by atoms with Gasteiger partial charge in [0.05, 0.1) is 0 Å². The van der Waals surface area contributed by atoms with Crippen LogP contribution in [0.1, 0.15) is 34.0 Å². The van der Waals surface area contributed by atoms with Gasteiger partial charge in [0.15, 0.2) is 0 Å². The molecule has 24 heavy (non-hydrogen) atoms. The molecular weight excluding hydrogens is 370 g/mol. The van der Waals surface area contributed by atoms with Crippen LogP contribution in [0, 0.1) is 6.92 Å². The molecule has 126 valence electrons. The molecule has 0 aromatic heterocycles. The molecule has 2 rings (SSSR count). The Morgan fingerprint density at radius 3 is 2.58 bits per heavy atom. The lowest BCUT2D eigenvalue weighted by molar-refractivity contribution is -0.116. The Hall–Kier alpha value is -2.14. The third kappa shape index (κ3) is 4.03. The maximum absolute atomic E-state index is 12.2. The standard InChI is InChI=1S/C19H20BrNO3/c1-4-13-8-9-17(12(2)10-13)24-11-15-14(6-5-7-16(15)20)18(22)19(23)21-3/h5-10H,4,11H2,1-3H3,(H,21,23). The van der Waals surface area contributed by atoms with E-state index in [1.165, 1.54) is 12.6 Å². The number of aryl methyl sites for hydroxylation is 2. The predicted octanol–water partition coefficient (Wildman–Crippen LogP) is 3.83. The minimum absolute atomic E-state index is 0.200. The second-order valence-electron chi connectivity index (χ2n) is 5.42. The summed E-state index contributed by atoms with van der Waals surface area (Å²) in [7, 11) is 1.44. The number of rotatable bonds is 6. The number of benzene rings is 2. The van der Waals surface area contributed by atoms with Gasteiger partial charge in [-0.3, -0.25) is 9.59 Å². The van der Waals surface area contributed by atoms with E-state index in [-0.39, 0.29) is 6.61 Å². The zero-order valence-corrected chi connectivity index (χ0v) is 15.6. The predicted molar refractivity (Wildman–Crippen MR) is 97.4 cm³/mol. The van der Waals surface area contributed by atoms with Crippen molar-refractivity contribution in [2.45, 2.75) is 26.9 Å². The van der Waals surface area contributed by atoms with E-state index in [1.807, 2.05) is 25.1 Å². The molecule has 0 radical (unpaired) electrons. The zero-order valence-electron chi connectivity index (χ0n) is 14.0. The Morgan fingerprint density at radius 2 is 1.96 bits per heavy atom. The van der Waals surface area contributed by atoms with E-state index >= 15 is 0 Å². The Balaban J connectivity index is 2.27. The molecule has 0 saturated heterocycles. The molecule has 0 atom stereocenters. The summed E-state index contributed by atoms with van der Waals surface area (Å²) >= 11 is 3.44. The van der Waals surface area contributed by atoms with E-state index < -0.39 is 11.7 Å². The SMILES string of the molecule is CCc1ccc(OCc2c(Br)cccc2C(=O)C(=O)NC)c(C)c1. The van der Waals surface area contributed by atoms with Crippen LogP contribution in [0.4, 0.5) is 0 Å². The van der Waals surface area contributed by atoms with Gasteiger partial charge in [0.2, 0.25) is 0 Å². The minimum Gasteiger partial charge on any atom is -0.489 e. The minimum atomic E-state index is -0.641. The number of hydrogen-bond acceptors (Lipinski definition) is 3. The summed E-state index contributed by atoms with van der Waals surface area (Å²) < 4.78 is 6.63. The number of likely N-dealkylation sites (N-methyl/N-ethyl adjacent to an activating group) is 1. The van der Waals surface area contributed by atoms with Crippen molar-refractivity contribution < 1.29 is 14.3 Å². The molecule has 5 heteroatoms. The van der Waals surface area contributed by atoms with Crippen LogP contribution in [0.15, 0.2) is 40.9 Å². The van der Waals surface area contributed by atoms with E-state index in [2.05, 4.69) is 34.2 Å². The van der Waals surface area contributed by atoms with E-state index in [4.69, 9.17) is 4.74 Å². The van der Waals surface area contributed by atoms with E-state index in [1.54, 1.807) is 12.1 Å². The Morgan fingerprint density at radius 1 is 1.21 bits per heavy atom. The van der Waals surface area contributed by atoms with Crippen LogP contribution in [0.2, 0.25) is 0 Å². The summed E-state index contributed by atoms with van der Waals surface area (Å²) in [5.74, 6) is -0.449. The van der Waals surface area contributed by atoms with Crippen molar-refractivity contribution >= 4 is 27.6 Å². The largest absolute Gasteiger partial charge is 0.489 e. The van der Waals surface area contributed by atoms with Crippen LogP contribution in [0.25, 0.3) is 0 Å². The first kappa shape index (κ1) is 18.2. The second-order valence-corrected chi connectivity index (χ2v) is 6.27. The highest BCUT2D eigenvalue weighted by Gasteiger charge is 2.20. The Bertz CT molecular complexity index is 771. The van der Waals surface area contributed by atoms with Crippen LogP contribution in [0.3, 0.4) is 0 Å². The van der Waals surface area contributed by atoms with Crippen molar-refractivity contribution in [1.82, 2.24) is 5.32 Å². The van der Waals surface area contributed by atoms with Gasteiger partial charge in [0.25, 0.3) is 11.7 Å². The molecule has 0 aliphatic rings. The molecule has 2 aromatic carbocycles.